The monoisotopic (exact) mass is 208 g/mol. The Morgan fingerprint density at radius 3 is 2.67 bits per heavy atom. The molecule has 3 nitrogen and oxygen atoms in total. The summed E-state index contributed by atoms with van der Waals surface area (Å²) < 4.78 is 0. The van der Waals surface area contributed by atoms with Crippen molar-refractivity contribution in [2.45, 2.75) is 52.5 Å². The van der Waals surface area contributed by atoms with Gasteiger partial charge in [-0.1, -0.05) is 20.3 Å². The molecule has 1 aliphatic carbocycles. The van der Waals surface area contributed by atoms with Crippen LogP contribution in [0.15, 0.2) is 0 Å². The highest BCUT2D eigenvalue weighted by atomic mass is 16.2. The van der Waals surface area contributed by atoms with E-state index in [-0.39, 0.29) is 11.9 Å². The van der Waals surface area contributed by atoms with Gasteiger partial charge in [-0.2, -0.15) is 5.26 Å². The Bertz CT molecular complexity index is 282. The summed E-state index contributed by atoms with van der Waals surface area (Å²) in [5.41, 5.74) is -0.859. The number of carbonyl (C=O) groups excluding carboxylic acids is 1. The van der Waals surface area contributed by atoms with Crippen molar-refractivity contribution in [3.63, 3.8) is 0 Å². The molecule has 0 aromatic rings. The third kappa shape index (κ3) is 2.50. The van der Waals surface area contributed by atoms with Crippen LogP contribution in [0, 0.1) is 22.7 Å². The van der Waals surface area contributed by atoms with Gasteiger partial charge in [0.1, 0.15) is 5.41 Å². The summed E-state index contributed by atoms with van der Waals surface area (Å²) >= 11 is 0. The maximum absolute atomic E-state index is 11.9. The second-order valence-electron chi connectivity index (χ2n) is 4.79. The van der Waals surface area contributed by atoms with Crippen LogP contribution in [-0.4, -0.2) is 11.9 Å². The zero-order valence-corrected chi connectivity index (χ0v) is 9.84. The number of rotatable bonds is 3. The van der Waals surface area contributed by atoms with Crippen LogP contribution >= 0.6 is 0 Å². The second-order valence-corrected chi connectivity index (χ2v) is 4.79. The number of nitrogens with one attached hydrogen (secondary N) is 1. The van der Waals surface area contributed by atoms with Gasteiger partial charge in [0.05, 0.1) is 6.07 Å². The molecule has 1 rings (SSSR count). The van der Waals surface area contributed by atoms with Gasteiger partial charge in [0.2, 0.25) is 5.91 Å². The predicted octanol–water partition coefficient (Wildman–Crippen LogP) is 2.23. The van der Waals surface area contributed by atoms with E-state index in [1.807, 2.05) is 6.92 Å². The molecule has 0 heterocycles. The quantitative estimate of drug-likeness (QED) is 0.773. The molecule has 84 valence electrons. The summed E-state index contributed by atoms with van der Waals surface area (Å²) in [5, 5.41) is 12.0. The van der Waals surface area contributed by atoms with Gasteiger partial charge in [-0.25, -0.2) is 0 Å². The highest BCUT2D eigenvalue weighted by Crippen LogP contribution is 2.27. The molecule has 1 saturated carbocycles. The maximum atomic E-state index is 11.9. The van der Waals surface area contributed by atoms with Crippen LogP contribution in [0.1, 0.15) is 46.5 Å². The number of hydrogen-bond donors (Lipinski definition) is 1. The lowest BCUT2D eigenvalue weighted by Crippen LogP contribution is -2.44. The fraction of sp³-hybridized carbons (Fsp3) is 0.833. The summed E-state index contributed by atoms with van der Waals surface area (Å²) in [6.45, 7) is 5.75. The summed E-state index contributed by atoms with van der Waals surface area (Å²) in [5.74, 6) is 0.444. The summed E-state index contributed by atoms with van der Waals surface area (Å²) in [6, 6.07) is 2.38. The normalized spacial score (nSPS) is 29.2. The molecule has 0 saturated heterocycles. The summed E-state index contributed by atoms with van der Waals surface area (Å²) in [7, 11) is 0. The molecule has 3 atom stereocenters. The van der Waals surface area contributed by atoms with Crippen molar-refractivity contribution >= 4 is 5.91 Å². The Hall–Kier alpha value is -1.04. The average Bonchev–Trinajstić information content (AvgIpc) is 2.63. The lowest BCUT2D eigenvalue weighted by molar-refractivity contribution is -0.128. The van der Waals surface area contributed by atoms with Crippen LogP contribution in [0.25, 0.3) is 0 Å². The van der Waals surface area contributed by atoms with Crippen molar-refractivity contribution in [2.24, 2.45) is 11.3 Å². The Morgan fingerprint density at radius 2 is 2.27 bits per heavy atom. The molecule has 1 fully saturated rings. The summed E-state index contributed by atoms with van der Waals surface area (Å²) in [4.78, 5) is 11.9. The van der Waals surface area contributed by atoms with E-state index in [1.165, 1.54) is 12.8 Å². The number of hydrogen-bond acceptors (Lipinski definition) is 2. The molecular formula is C12H20N2O. The van der Waals surface area contributed by atoms with E-state index in [2.05, 4.69) is 18.3 Å². The van der Waals surface area contributed by atoms with Crippen molar-refractivity contribution in [3.8, 4) is 6.07 Å². The van der Waals surface area contributed by atoms with Crippen molar-refractivity contribution < 1.29 is 4.79 Å². The molecule has 1 N–H and O–H groups in total. The van der Waals surface area contributed by atoms with Crippen LogP contribution < -0.4 is 5.32 Å². The third-order valence-corrected chi connectivity index (χ3v) is 3.63. The number of nitrogens with zero attached hydrogens (tertiary/aromatic N) is 1. The molecule has 3 heteroatoms. The standard InChI is InChI=1S/C12H20N2O/c1-4-12(3,8-13)11(15)14-10-7-5-6-9(10)2/h9-10H,4-7H2,1-3H3,(H,14,15). The molecule has 0 spiro atoms. The van der Waals surface area contributed by atoms with E-state index in [1.54, 1.807) is 6.92 Å². The molecular weight excluding hydrogens is 188 g/mol. The predicted molar refractivity (Wildman–Crippen MR) is 59.0 cm³/mol. The minimum atomic E-state index is -0.859. The number of carbonyl (C=O) groups is 1. The first-order chi connectivity index (χ1) is 7.03. The molecule has 0 aromatic carbocycles. The molecule has 3 unspecified atom stereocenters. The first-order valence-corrected chi connectivity index (χ1v) is 5.75. The molecule has 15 heavy (non-hydrogen) atoms. The Morgan fingerprint density at radius 1 is 1.60 bits per heavy atom. The van der Waals surface area contributed by atoms with E-state index >= 15 is 0 Å². The Labute approximate surface area is 91.9 Å². The van der Waals surface area contributed by atoms with E-state index in [4.69, 9.17) is 5.26 Å². The molecule has 0 aromatic heterocycles. The largest absolute Gasteiger partial charge is 0.352 e. The van der Waals surface area contributed by atoms with Crippen LogP contribution in [0.2, 0.25) is 0 Å². The van der Waals surface area contributed by atoms with Gasteiger partial charge in [-0.3, -0.25) is 4.79 Å². The van der Waals surface area contributed by atoms with Gasteiger partial charge in [0.15, 0.2) is 0 Å². The molecule has 1 aliphatic rings. The fourth-order valence-corrected chi connectivity index (χ4v) is 1.98. The lowest BCUT2D eigenvalue weighted by atomic mass is 9.88. The number of amides is 1. The van der Waals surface area contributed by atoms with Gasteiger partial charge < -0.3 is 5.32 Å². The average molecular weight is 208 g/mol. The van der Waals surface area contributed by atoms with Crippen LogP contribution in [0.5, 0.6) is 0 Å². The molecule has 1 amide bonds. The van der Waals surface area contributed by atoms with Crippen molar-refractivity contribution in [1.82, 2.24) is 5.32 Å². The van der Waals surface area contributed by atoms with Crippen LogP contribution in [0.4, 0.5) is 0 Å². The van der Waals surface area contributed by atoms with Crippen LogP contribution in [0.3, 0.4) is 0 Å². The van der Waals surface area contributed by atoms with E-state index in [0.29, 0.717) is 12.3 Å². The smallest absolute Gasteiger partial charge is 0.240 e. The van der Waals surface area contributed by atoms with Gasteiger partial charge in [0.25, 0.3) is 0 Å². The zero-order chi connectivity index (χ0) is 11.5. The third-order valence-electron chi connectivity index (χ3n) is 3.63. The maximum Gasteiger partial charge on any atom is 0.240 e. The second kappa shape index (κ2) is 4.65. The molecule has 0 aliphatic heterocycles. The molecule has 0 radical (unpaired) electrons. The zero-order valence-electron chi connectivity index (χ0n) is 9.84. The fourth-order valence-electron chi connectivity index (χ4n) is 1.98. The van der Waals surface area contributed by atoms with E-state index in [0.717, 1.165) is 6.42 Å². The minimum absolute atomic E-state index is 0.105. The van der Waals surface area contributed by atoms with Crippen LogP contribution in [-0.2, 0) is 4.79 Å². The summed E-state index contributed by atoms with van der Waals surface area (Å²) in [6.07, 6.45) is 3.98. The molecule has 0 bridgehead atoms. The Balaban J connectivity index is 2.59. The van der Waals surface area contributed by atoms with Gasteiger partial charge >= 0.3 is 0 Å². The van der Waals surface area contributed by atoms with Crippen molar-refractivity contribution in [3.05, 3.63) is 0 Å². The van der Waals surface area contributed by atoms with Crippen molar-refractivity contribution in [1.29, 1.82) is 5.26 Å². The van der Waals surface area contributed by atoms with Gasteiger partial charge in [0, 0.05) is 6.04 Å². The Kier molecular flexibility index (Phi) is 3.73. The van der Waals surface area contributed by atoms with Crippen molar-refractivity contribution in [2.75, 3.05) is 0 Å². The van der Waals surface area contributed by atoms with E-state index in [9.17, 15) is 4.79 Å². The van der Waals surface area contributed by atoms with E-state index < -0.39 is 5.41 Å². The number of nitriles is 1. The van der Waals surface area contributed by atoms with Gasteiger partial charge in [-0.05, 0) is 32.1 Å². The SMILES string of the molecule is CCC(C)(C#N)C(=O)NC1CCCC1C. The highest BCUT2D eigenvalue weighted by Gasteiger charge is 2.34. The first kappa shape index (κ1) is 12.0. The minimum Gasteiger partial charge on any atom is -0.352 e. The highest BCUT2D eigenvalue weighted by molar-refractivity contribution is 5.85. The first-order valence-electron chi connectivity index (χ1n) is 5.75. The topological polar surface area (TPSA) is 52.9 Å². The lowest BCUT2D eigenvalue weighted by Gasteiger charge is -2.24. The van der Waals surface area contributed by atoms with Gasteiger partial charge in [-0.15, -0.1) is 0 Å².